The van der Waals surface area contributed by atoms with Crippen LogP contribution >= 0.6 is 0 Å². The zero-order valence-electron chi connectivity index (χ0n) is 21.2. The van der Waals surface area contributed by atoms with Gasteiger partial charge in [0.2, 0.25) is 11.8 Å². The minimum atomic E-state index is -0.915. The summed E-state index contributed by atoms with van der Waals surface area (Å²) in [5.74, 6) is -1.89. The molecule has 2 N–H and O–H groups in total. The Labute approximate surface area is 207 Å². The number of methoxy groups -OCH3 is 1. The highest BCUT2D eigenvalue weighted by molar-refractivity contribution is 5.97. The van der Waals surface area contributed by atoms with Crippen LogP contribution in [0.15, 0.2) is 36.0 Å². The first-order valence-electron chi connectivity index (χ1n) is 12.4. The van der Waals surface area contributed by atoms with Crippen molar-refractivity contribution in [1.29, 1.82) is 0 Å². The number of allylic oxidation sites excluding steroid dienone is 3. The highest BCUT2D eigenvalue weighted by atomic mass is 16.5. The third kappa shape index (κ3) is 9.18. The van der Waals surface area contributed by atoms with Gasteiger partial charge in [-0.05, 0) is 44.1 Å². The first-order chi connectivity index (χ1) is 16.6. The predicted octanol–water partition coefficient (Wildman–Crippen LogP) is 3.19. The lowest BCUT2D eigenvalue weighted by Crippen LogP contribution is -2.41. The van der Waals surface area contributed by atoms with Gasteiger partial charge < -0.3 is 14.6 Å². The molecular weight excluding hydrogens is 450 g/mol. The molecular formula is C27H39NO7. The summed E-state index contributed by atoms with van der Waals surface area (Å²) in [4.78, 5) is 48.2. The maximum atomic E-state index is 12.8. The van der Waals surface area contributed by atoms with Gasteiger partial charge in [0.05, 0.1) is 6.10 Å². The number of rotatable bonds is 8. The molecule has 2 aliphatic rings. The molecule has 0 bridgehead atoms. The van der Waals surface area contributed by atoms with Crippen LogP contribution < -0.4 is 5.32 Å². The number of Topliss-reactive ketones (excluding diaryl/α,β-unsaturated/α-hetero) is 1. The zero-order valence-corrected chi connectivity index (χ0v) is 21.2. The summed E-state index contributed by atoms with van der Waals surface area (Å²) in [5.41, 5.74) is 0.685. The van der Waals surface area contributed by atoms with Crippen LogP contribution in [0.1, 0.15) is 65.7 Å². The normalized spacial score (nSPS) is 29.9. The van der Waals surface area contributed by atoms with E-state index in [-0.39, 0.29) is 23.5 Å². The van der Waals surface area contributed by atoms with Gasteiger partial charge in [-0.2, -0.15) is 0 Å². The lowest BCUT2D eigenvalue weighted by atomic mass is 9.87. The monoisotopic (exact) mass is 489 g/mol. The molecule has 0 saturated carbocycles. The van der Waals surface area contributed by atoms with Crippen LogP contribution in [0, 0.1) is 17.8 Å². The zero-order chi connectivity index (χ0) is 26.0. The highest BCUT2D eigenvalue weighted by Crippen LogP contribution is 2.26. The fourth-order valence-electron chi connectivity index (χ4n) is 4.62. The van der Waals surface area contributed by atoms with Crippen LogP contribution in [0.5, 0.6) is 0 Å². The van der Waals surface area contributed by atoms with E-state index in [4.69, 9.17) is 9.47 Å². The van der Waals surface area contributed by atoms with Crippen molar-refractivity contribution in [3.8, 4) is 0 Å². The molecule has 0 aromatic rings. The lowest BCUT2D eigenvalue weighted by Gasteiger charge is -2.31. The predicted molar refractivity (Wildman–Crippen MR) is 131 cm³/mol. The number of hydrogen-bond acceptors (Lipinski definition) is 7. The Bertz CT molecular complexity index is 844. The minimum absolute atomic E-state index is 0.0227. The number of aliphatic hydroxyl groups is 1. The average molecular weight is 490 g/mol. The summed E-state index contributed by atoms with van der Waals surface area (Å²) in [6, 6.07) is 0. The van der Waals surface area contributed by atoms with Gasteiger partial charge in [0.15, 0.2) is 0 Å². The summed E-state index contributed by atoms with van der Waals surface area (Å²) in [6.07, 6.45) is 10.1. The molecule has 0 unspecified atom stereocenters. The summed E-state index contributed by atoms with van der Waals surface area (Å²) < 4.78 is 11.2. The largest absolute Gasteiger partial charge is 0.454 e. The number of piperidine rings is 1. The van der Waals surface area contributed by atoms with E-state index in [1.807, 2.05) is 12.2 Å². The summed E-state index contributed by atoms with van der Waals surface area (Å²) in [5, 5.41) is 13.2. The molecule has 35 heavy (non-hydrogen) atoms. The van der Waals surface area contributed by atoms with E-state index < -0.39 is 36.1 Å². The van der Waals surface area contributed by atoms with E-state index in [0.717, 1.165) is 6.42 Å². The second kappa shape index (κ2) is 14.1. The first-order valence-corrected chi connectivity index (χ1v) is 12.4. The van der Waals surface area contributed by atoms with E-state index in [0.29, 0.717) is 44.1 Å². The van der Waals surface area contributed by atoms with E-state index in [9.17, 15) is 24.3 Å². The average Bonchev–Trinajstić information content (AvgIpc) is 2.79. The molecule has 2 amide bonds. The van der Waals surface area contributed by atoms with Gasteiger partial charge in [0.25, 0.3) is 0 Å². The standard InChI is InChI=1S/C27H39NO7/c1-17(21(29)11-9-10-20-15-23(30)28-24(31)16-20)14-18(2)27-19(3)26(33)22(34-4)12-7-5-6-8-13-25(32)35-27/h7-8,12-14,17,19-20,22,26-27,33H,5-6,9-11,15-16H2,1-4H3,(H,28,30,31)/b12-7+,13-8+,18-14+/t17-,19+,22-,26-,27+/m0/s1. The number of carbonyl (C=O) groups is 4. The molecule has 2 aliphatic heterocycles. The Morgan fingerprint density at radius 1 is 1.23 bits per heavy atom. The van der Waals surface area contributed by atoms with Crippen molar-refractivity contribution in [2.45, 2.75) is 84.0 Å². The number of ether oxygens (including phenoxy) is 2. The Morgan fingerprint density at radius 3 is 2.54 bits per heavy atom. The van der Waals surface area contributed by atoms with Crippen molar-refractivity contribution >= 4 is 23.6 Å². The van der Waals surface area contributed by atoms with Gasteiger partial charge in [-0.25, -0.2) is 4.79 Å². The molecule has 1 fully saturated rings. The maximum absolute atomic E-state index is 12.8. The molecule has 5 atom stereocenters. The summed E-state index contributed by atoms with van der Waals surface area (Å²) in [6.45, 7) is 5.39. The first kappa shape index (κ1) is 28.7. The molecule has 2 heterocycles. The van der Waals surface area contributed by atoms with Gasteiger partial charge in [-0.1, -0.05) is 38.2 Å². The molecule has 2 rings (SSSR count). The Balaban J connectivity index is 2.05. The van der Waals surface area contributed by atoms with Gasteiger partial charge >= 0.3 is 5.97 Å². The quantitative estimate of drug-likeness (QED) is 0.305. The van der Waals surface area contributed by atoms with E-state index in [2.05, 4.69) is 5.32 Å². The fraction of sp³-hybridized carbons (Fsp3) is 0.630. The van der Waals surface area contributed by atoms with Gasteiger partial charge in [-0.3, -0.25) is 19.7 Å². The van der Waals surface area contributed by atoms with Crippen molar-refractivity contribution in [2.24, 2.45) is 17.8 Å². The second-order valence-corrected chi connectivity index (χ2v) is 9.62. The van der Waals surface area contributed by atoms with Crippen LogP contribution in [-0.4, -0.2) is 54.1 Å². The van der Waals surface area contributed by atoms with E-state index in [1.165, 1.54) is 13.2 Å². The van der Waals surface area contributed by atoms with Crippen LogP contribution in [0.4, 0.5) is 0 Å². The minimum Gasteiger partial charge on any atom is -0.454 e. The molecule has 0 aromatic heterocycles. The number of amides is 2. The number of cyclic esters (lactones) is 1. The lowest BCUT2D eigenvalue weighted by molar-refractivity contribution is -0.147. The van der Waals surface area contributed by atoms with Gasteiger partial charge in [-0.15, -0.1) is 0 Å². The Morgan fingerprint density at radius 2 is 1.89 bits per heavy atom. The van der Waals surface area contributed by atoms with Crippen LogP contribution in [0.25, 0.3) is 0 Å². The Kier molecular flexibility index (Phi) is 11.5. The molecule has 8 nitrogen and oxygen atoms in total. The van der Waals surface area contributed by atoms with Crippen LogP contribution in [0.3, 0.4) is 0 Å². The van der Waals surface area contributed by atoms with E-state index >= 15 is 0 Å². The second-order valence-electron chi connectivity index (χ2n) is 9.62. The van der Waals surface area contributed by atoms with Gasteiger partial charge in [0.1, 0.15) is 18.0 Å². The number of hydrogen-bond donors (Lipinski definition) is 2. The smallest absolute Gasteiger partial charge is 0.331 e. The number of ketones is 1. The number of nitrogens with one attached hydrogen (secondary N) is 1. The molecule has 0 aliphatic carbocycles. The molecule has 1 saturated heterocycles. The summed E-state index contributed by atoms with van der Waals surface area (Å²) >= 11 is 0. The van der Waals surface area contributed by atoms with Crippen LogP contribution in [0.2, 0.25) is 0 Å². The molecule has 0 aromatic carbocycles. The van der Waals surface area contributed by atoms with Crippen molar-refractivity contribution in [3.05, 3.63) is 36.0 Å². The maximum Gasteiger partial charge on any atom is 0.331 e. The van der Waals surface area contributed by atoms with Crippen molar-refractivity contribution < 1.29 is 33.8 Å². The topological polar surface area (TPSA) is 119 Å². The molecule has 194 valence electrons. The number of aliphatic hydroxyl groups excluding tert-OH is 1. The summed E-state index contributed by atoms with van der Waals surface area (Å²) in [7, 11) is 1.52. The van der Waals surface area contributed by atoms with Gasteiger partial charge in [0, 0.05) is 44.3 Å². The number of esters is 1. The van der Waals surface area contributed by atoms with Crippen molar-refractivity contribution in [3.63, 3.8) is 0 Å². The molecule has 8 heteroatoms. The highest BCUT2D eigenvalue weighted by Gasteiger charge is 2.33. The van der Waals surface area contributed by atoms with E-state index in [1.54, 1.807) is 32.9 Å². The fourth-order valence-corrected chi connectivity index (χ4v) is 4.62. The Hall–Kier alpha value is -2.58. The van der Waals surface area contributed by atoms with Crippen molar-refractivity contribution in [1.82, 2.24) is 5.32 Å². The molecule has 0 radical (unpaired) electrons. The third-order valence-corrected chi connectivity index (χ3v) is 6.68. The number of imide groups is 1. The third-order valence-electron chi connectivity index (χ3n) is 6.68. The van der Waals surface area contributed by atoms with Crippen LogP contribution in [-0.2, 0) is 28.7 Å². The molecule has 0 spiro atoms. The van der Waals surface area contributed by atoms with Crippen molar-refractivity contribution in [2.75, 3.05) is 7.11 Å². The SMILES string of the molecule is CO[C@H]1/C=C/CC/C=C/C(=O)O[C@H](/C(C)=C/[C@H](C)C(=O)CCCC2CC(=O)NC(=O)C2)[C@H](C)[C@@H]1O. The number of carbonyl (C=O) groups excluding carboxylic acids is 4.